The van der Waals surface area contributed by atoms with Crippen LogP contribution in [-0.2, 0) is 10.0 Å². The highest BCUT2D eigenvalue weighted by atomic mass is 32.2. The second-order valence-corrected chi connectivity index (χ2v) is 7.64. The summed E-state index contributed by atoms with van der Waals surface area (Å²) in [7, 11) is -3.69. The van der Waals surface area contributed by atoms with E-state index in [9.17, 15) is 13.2 Å². The quantitative estimate of drug-likeness (QED) is 0.739. The summed E-state index contributed by atoms with van der Waals surface area (Å²) in [6, 6.07) is 6.69. The monoisotopic (exact) mass is 379 g/mol. The lowest BCUT2D eigenvalue weighted by Gasteiger charge is -2.18. The normalized spacial score (nSPS) is 11.8. The van der Waals surface area contributed by atoms with Crippen LogP contribution in [0.15, 0.2) is 29.2 Å². The van der Waals surface area contributed by atoms with E-state index in [-0.39, 0.29) is 10.8 Å². The van der Waals surface area contributed by atoms with Crippen molar-refractivity contribution in [1.82, 2.24) is 14.1 Å². The first kappa shape index (κ1) is 20.1. The van der Waals surface area contributed by atoms with E-state index in [4.69, 9.17) is 4.74 Å². The lowest BCUT2D eigenvalue weighted by molar-refractivity contribution is 0.0942. The predicted octanol–water partition coefficient (Wildman–Crippen LogP) is 2.62. The second kappa shape index (κ2) is 8.01. The standard InChI is InChI=1S/C18H25N3O4S/c1-6-20(7-2)26(23,24)17-13(4)19-21(14(17)5)18(22)15-9-11-16(12-10-15)25-8-3/h9-12H,6-8H2,1-5H3. The van der Waals surface area contributed by atoms with Gasteiger partial charge in [0.05, 0.1) is 18.0 Å². The van der Waals surface area contributed by atoms with E-state index in [0.717, 1.165) is 4.68 Å². The molecule has 1 aromatic carbocycles. The Kier molecular flexibility index (Phi) is 6.20. The molecule has 0 aliphatic rings. The smallest absolute Gasteiger partial charge is 0.278 e. The van der Waals surface area contributed by atoms with Gasteiger partial charge in [-0.3, -0.25) is 4.79 Å². The van der Waals surface area contributed by atoms with Crippen LogP contribution in [0.2, 0.25) is 0 Å². The van der Waals surface area contributed by atoms with Gasteiger partial charge in [-0.05, 0) is 45.0 Å². The Balaban J connectivity index is 2.45. The van der Waals surface area contributed by atoms with Crippen LogP contribution < -0.4 is 4.74 Å². The zero-order valence-corrected chi connectivity index (χ0v) is 16.6. The molecule has 26 heavy (non-hydrogen) atoms. The number of ether oxygens (including phenoxy) is 1. The number of rotatable bonds is 7. The number of hydrogen-bond acceptors (Lipinski definition) is 5. The molecule has 0 amide bonds. The third kappa shape index (κ3) is 3.66. The van der Waals surface area contributed by atoms with E-state index in [1.807, 2.05) is 6.92 Å². The van der Waals surface area contributed by atoms with Crippen molar-refractivity contribution in [3.8, 4) is 5.75 Å². The van der Waals surface area contributed by atoms with Crippen molar-refractivity contribution in [2.24, 2.45) is 0 Å². The van der Waals surface area contributed by atoms with E-state index in [1.54, 1.807) is 52.0 Å². The Morgan fingerprint density at radius 3 is 2.19 bits per heavy atom. The molecule has 142 valence electrons. The first-order valence-corrected chi connectivity index (χ1v) is 10.1. The average Bonchev–Trinajstić information content (AvgIpc) is 2.91. The minimum Gasteiger partial charge on any atom is -0.494 e. The van der Waals surface area contributed by atoms with Gasteiger partial charge in [0, 0.05) is 18.7 Å². The van der Waals surface area contributed by atoms with Crippen molar-refractivity contribution in [3.63, 3.8) is 0 Å². The van der Waals surface area contributed by atoms with Crippen LogP contribution in [0.4, 0.5) is 0 Å². The van der Waals surface area contributed by atoms with E-state index >= 15 is 0 Å². The SMILES string of the molecule is CCOc1ccc(C(=O)n2nc(C)c(S(=O)(=O)N(CC)CC)c2C)cc1. The van der Waals surface area contributed by atoms with Gasteiger partial charge in [0.2, 0.25) is 10.0 Å². The molecule has 0 spiro atoms. The molecule has 0 saturated carbocycles. The lowest BCUT2D eigenvalue weighted by atomic mass is 10.2. The van der Waals surface area contributed by atoms with Gasteiger partial charge in [-0.2, -0.15) is 14.1 Å². The van der Waals surface area contributed by atoms with Gasteiger partial charge in [-0.25, -0.2) is 8.42 Å². The molecule has 0 aliphatic heterocycles. The first-order chi connectivity index (χ1) is 12.3. The maximum Gasteiger partial charge on any atom is 0.278 e. The summed E-state index contributed by atoms with van der Waals surface area (Å²) in [6.07, 6.45) is 0. The molecule has 1 aromatic heterocycles. The fourth-order valence-electron chi connectivity index (χ4n) is 2.87. The number of aromatic nitrogens is 2. The summed E-state index contributed by atoms with van der Waals surface area (Å²) in [5.74, 6) is 0.289. The van der Waals surface area contributed by atoms with Gasteiger partial charge in [-0.15, -0.1) is 0 Å². The van der Waals surface area contributed by atoms with Gasteiger partial charge in [0.25, 0.3) is 5.91 Å². The summed E-state index contributed by atoms with van der Waals surface area (Å²) in [5, 5.41) is 4.19. The zero-order chi connectivity index (χ0) is 19.5. The van der Waals surface area contributed by atoms with Crippen LogP contribution in [0.5, 0.6) is 5.75 Å². The van der Waals surface area contributed by atoms with Crippen molar-refractivity contribution in [2.75, 3.05) is 19.7 Å². The highest BCUT2D eigenvalue weighted by molar-refractivity contribution is 7.89. The molecule has 0 fully saturated rings. The van der Waals surface area contributed by atoms with Crippen LogP contribution in [0.1, 0.15) is 42.5 Å². The molecule has 2 rings (SSSR count). The predicted molar refractivity (Wildman–Crippen MR) is 99.1 cm³/mol. The summed E-state index contributed by atoms with van der Waals surface area (Å²) in [5.41, 5.74) is 1.04. The maximum absolute atomic E-state index is 12.9. The molecule has 8 heteroatoms. The Morgan fingerprint density at radius 2 is 1.69 bits per heavy atom. The molecule has 1 heterocycles. The van der Waals surface area contributed by atoms with Crippen molar-refractivity contribution in [1.29, 1.82) is 0 Å². The first-order valence-electron chi connectivity index (χ1n) is 8.61. The second-order valence-electron chi connectivity index (χ2n) is 5.76. The largest absolute Gasteiger partial charge is 0.494 e. The number of hydrogen-bond donors (Lipinski definition) is 0. The van der Waals surface area contributed by atoms with E-state index < -0.39 is 10.0 Å². The van der Waals surface area contributed by atoms with Crippen LogP contribution in [0.3, 0.4) is 0 Å². The molecule has 7 nitrogen and oxygen atoms in total. The lowest BCUT2D eigenvalue weighted by Crippen LogP contribution is -2.31. The van der Waals surface area contributed by atoms with Crippen LogP contribution in [0.25, 0.3) is 0 Å². The summed E-state index contributed by atoms with van der Waals surface area (Å²) >= 11 is 0. The Hall–Kier alpha value is -2.19. The Bertz CT molecular complexity index is 882. The molecule has 0 radical (unpaired) electrons. The number of carbonyl (C=O) groups is 1. The van der Waals surface area contributed by atoms with Gasteiger partial charge in [0.1, 0.15) is 10.6 Å². The fraction of sp³-hybridized carbons (Fsp3) is 0.444. The Morgan fingerprint density at radius 1 is 1.12 bits per heavy atom. The van der Waals surface area contributed by atoms with Crippen LogP contribution in [-0.4, -0.2) is 48.1 Å². The van der Waals surface area contributed by atoms with E-state index in [0.29, 0.717) is 42.4 Å². The third-order valence-electron chi connectivity index (χ3n) is 4.13. The van der Waals surface area contributed by atoms with Crippen LogP contribution in [0, 0.1) is 13.8 Å². The molecule has 2 aromatic rings. The van der Waals surface area contributed by atoms with Gasteiger partial charge >= 0.3 is 0 Å². The number of nitrogens with zero attached hydrogens (tertiary/aromatic N) is 3. The fourth-order valence-corrected chi connectivity index (χ4v) is 4.69. The van der Waals surface area contributed by atoms with Gasteiger partial charge in [0.15, 0.2) is 0 Å². The molecular weight excluding hydrogens is 354 g/mol. The number of benzene rings is 1. The average molecular weight is 379 g/mol. The summed E-state index contributed by atoms with van der Waals surface area (Å²) < 4.78 is 33.6. The van der Waals surface area contributed by atoms with E-state index in [2.05, 4.69) is 5.10 Å². The minimum absolute atomic E-state index is 0.0977. The molecule has 0 atom stereocenters. The summed E-state index contributed by atoms with van der Waals surface area (Å²) in [6.45, 7) is 9.90. The number of aryl methyl sites for hydroxylation is 1. The van der Waals surface area contributed by atoms with Crippen molar-refractivity contribution in [2.45, 2.75) is 39.5 Å². The topological polar surface area (TPSA) is 81.5 Å². The maximum atomic E-state index is 12.9. The zero-order valence-electron chi connectivity index (χ0n) is 15.8. The Labute approximate surface area is 154 Å². The highest BCUT2D eigenvalue weighted by Gasteiger charge is 2.30. The van der Waals surface area contributed by atoms with Gasteiger partial charge < -0.3 is 4.74 Å². The molecule has 0 aliphatic carbocycles. The van der Waals surface area contributed by atoms with Crippen LogP contribution >= 0.6 is 0 Å². The van der Waals surface area contributed by atoms with Crippen molar-refractivity contribution < 1.29 is 17.9 Å². The number of carbonyl (C=O) groups excluding carboxylic acids is 1. The molecule has 0 saturated heterocycles. The summed E-state index contributed by atoms with van der Waals surface area (Å²) in [4.78, 5) is 12.9. The molecule has 0 unspecified atom stereocenters. The van der Waals surface area contributed by atoms with Crippen molar-refractivity contribution >= 4 is 15.9 Å². The number of sulfonamides is 1. The van der Waals surface area contributed by atoms with E-state index in [1.165, 1.54) is 4.31 Å². The van der Waals surface area contributed by atoms with Gasteiger partial charge in [-0.1, -0.05) is 13.8 Å². The molecule has 0 bridgehead atoms. The molecular formula is C18H25N3O4S. The van der Waals surface area contributed by atoms with Crippen molar-refractivity contribution in [3.05, 3.63) is 41.2 Å². The third-order valence-corrected chi connectivity index (χ3v) is 6.44. The minimum atomic E-state index is -3.69. The molecule has 0 N–H and O–H groups in total. The highest BCUT2D eigenvalue weighted by Crippen LogP contribution is 2.24.